The van der Waals surface area contributed by atoms with Gasteiger partial charge in [0.05, 0.1) is 19.8 Å². The minimum absolute atomic E-state index is 0.118. The number of allylic oxidation sites excluding steroid dienone is 16. The van der Waals surface area contributed by atoms with Crippen LogP contribution in [0.25, 0.3) is 0 Å². The first kappa shape index (κ1) is 51.9. The molecule has 0 amide bonds. The summed E-state index contributed by atoms with van der Waals surface area (Å²) in [5.74, 6) is -1.02. The number of carbonyl (C=O) groups excluding carboxylic acids is 2. The molecular weight excluding hydrogens is 719 g/mol. The van der Waals surface area contributed by atoms with Crippen LogP contribution in [0.15, 0.2) is 97.2 Å². The van der Waals surface area contributed by atoms with Gasteiger partial charge in [-0.15, -0.1) is 0 Å². The van der Waals surface area contributed by atoms with Crippen LogP contribution in [-0.4, -0.2) is 65.7 Å². The molecule has 0 bridgehead atoms. The molecule has 0 saturated heterocycles. The van der Waals surface area contributed by atoms with Crippen LogP contribution in [0.3, 0.4) is 0 Å². The number of hydrogen-bond donors (Lipinski definition) is 3. The Bertz CT molecular complexity index is 1230. The molecule has 0 heterocycles. The summed E-state index contributed by atoms with van der Waals surface area (Å²) in [5.41, 5.74) is 0. The van der Waals surface area contributed by atoms with Gasteiger partial charge in [0.1, 0.15) is 12.7 Å². The molecule has 10 nitrogen and oxygen atoms in total. The number of esters is 2. The monoisotopic (exact) mass is 790 g/mol. The van der Waals surface area contributed by atoms with Gasteiger partial charge >= 0.3 is 19.8 Å². The van der Waals surface area contributed by atoms with Gasteiger partial charge in [-0.05, 0) is 89.9 Å². The molecule has 11 heteroatoms. The lowest BCUT2D eigenvalue weighted by Crippen LogP contribution is -2.29. The number of hydrogen-bond acceptors (Lipinski definition) is 9. The maximum absolute atomic E-state index is 12.6. The number of aliphatic hydroxyl groups is 2. The number of ether oxygens (including phenoxy) is 2. The molecule has 0 aromatic heterocycles. The van der Waals surface area contributed by atoms with E-state index in [1.54, 1.807) is 0 Å². The van der Waals surface area contributed by atoms with Crippen molar-refractivity contribution in [1.82, 2.24) is 0 Å². The lowest BCUT2D eigenvalue weighted by molar-refractivity contribution is -0.161. The van der Waals surface area contributed by atoms with Crippen molar-refractivity contribution in [2.75, 3.05) is 26.4 Å². The van der Waals surface area contributed by atoms with Crippen LogP contribution in [0.2, 0.25) is 0 Å². The molecular formula is C44H71O10P. The summed E-state index contributed by atoms with van der Waals surface area (Å²) in [5, 5.41) is 18.3. The lowest BCUT2D eigenvalue weighted by atomic mass is 10.1. The van der Waals surface area contributed by atoms with Crippen LogP contribution in [-0.2, 0) is 32.7 Å². The Labute approximate surface area is 332 Å². The van der Waals surface area contributed by atoms with E-state index in [1.807, 2.05) is 0 Å². The van der Waals surface area contributed by atoms with Crippen molar-refractivity contribution in [3.05, 3.63) is 97.2 Å². The second-order valence-electron chi connectivity index (χ2n) is 12.9. The van der Waals surface area contributed by atoms with E-state index in [2.05, 4.69) is 116 Å². The topological polar surface area (TPSA) is 149 Å². The van der Waals surface area contributed by atoms with Crippen molar-refractivity contribution in [2.45, 2.75) is 142 Å². The maximum Gasteiger partial charge on any atom is 0.472 e. The van der Waals surface area contributed by atoms with Crippen molar-refractivity contribution in [2.24, 2.45) is 0 Å². The molecule has 55 heavy (non-hydrogen) atoms. The van der Waals surface area contributed by atoms with Crippen molar-refractivity contribution in [3.8, 4) is 0 Å². The first-order chi connectivity index (χ1) is 26.7. The third-order valence-electron chi connectivity index (χ3n) is 7.70. The summed E-state index contributed by atoms with van der Waals surface area (Å²) < 4.78 is 32.6. The van der Waals surface area contributed by atoms with E-state index in [4.69, 9.17) is 19.1 Å². The van der Waals surface area contributed by atoms with Crippen LogP contribution < -0.4 is 0 Å². The predicted octanol–water partition coefficient (Wildman–Crippen LogP) is 10.4. The number of phosphoric acid groups is 1. The van der Waals surface area contributed by atoms with E-state index in [0.717, 1.165) is 83.5 Å². The molecule has 312 valence electrons. The van der Waals surface area contributed by atoms with Crippen molar-refractivity contribution < 1.29 is 47.8 Å². The fourth-order valence-corrected chi connectivity index (χ4v) is 5.41. The number of rotatable bonds is 36. The highest BCUT2D eigenvalue weighted by molar-refractivity contribution is 7.47. The number of aliphatic hydroxyl groups excluding tert-OH is 2. The smallest absolute Gasteiger partial charge is 0.462 e. The summed E-state index contributed by atoms with van der Waals surface area (Å²) in [6.45, 7) is 2.07. The Morgan fingerprint density at radius 1 is 0.564 bits per heavy atom. The van der Waals surface area contributed by atoms with Crippen molar-refractivity contribution >= 4 is 19.8 Å². The number of unbranched alkanes of at least 4 members (excludes halogenated alkanes) is 6. The van der Waals surface area contributed by atoms with E-state index in [1.165, 1.54) is 6.42 Å². The quantitative estimate of drug-likeness (QED) is 0.0242. The van der Waals surface area contributed by atoms with E-state index < -0.39 is 51.8 Å². The lowest BCUT2D eigenvalue weighted by Gasteiger charge is -2.20. The van der Waals surface area contributed by atoms with Gasteiger partial charge in [-0.1, -0.05) is 124 Å². The Kier molecular flexibility index (Phi) is 36.9. The van der Waals surface area contributed by atoms with Crippen LogP contribution >= 0.6 is 7.82 Å². The molecule has 0 fully saturated rings. The first-order valence-electron chi connectivity index (χ1n) is 20.2. The van der Waals surface area contributed by atoms with E-state index >= 15 is 0 Å². The summed E-state index contributed by atoms with van der Waals surface area (Å²) in [6, 6.07) is 0. The first-order valence-corrected chi connectivity index (χ1v) is 21.7. The average Bonchev–Trinajstić information content (AvgIpc) is 3.17. The number of carbonyl (C=O) groups is 2. The highest BCUT2D eigenvalue weighted by Gasteiger charge is 2.27. The second-order valence-corrected chi connectivity index (χ2v) is 14.4. The van der Waals surface area contributed by atoms with Crippen LogP contribution in [0.1, 0.15) is 129 Å². The normalized spacial score (nSPS) is 14.9. The highest BCUT2D eigenvalue weighted by atomic mass is 31.2. The minimum Gasteiger partial charge on any atom is -0.462 e. The standard InChI is InChI=1S/C44H71O10P/c1-3-5-7-9-11-13-15-17-19-20-22-23-25-27-29-31-33-35-43(47)51-39-42(40-53-55(49,50)52-38-41(46)37-45)54-44(48)36-34-32-30-28-26-24-21-18-16-14-12-10-8-6-4-2/h6-9,12-15,18-21,23,25-26,28,41-42,45-46H,3-5,10-11,16-17,22,24,27,29-40H2,1-2H3,(H,49,50)/b8-6+,9-7+,14-12+,15-13+,20-19+,21-18+,25-23+,28-26+/t41-,42+/m0/s1. The van der Waals surface area contributed by atoms with Gasteiger partial charge in [0.15, 0.2) is 6.10 Å². The fraction of sp³-hybridized carbons (Fsp3) is 0.591. The molecule has 0 saturated carbocycles. The molecule has 3 atom stereocenters. The summed E-state index contributed by atoms with van der Waals surface area (Å²) in [7, 11) is -4.64. The second kappa shape index (κ2) is 39.1. The van der Waals surface area contributed by atoms with Gasteiger partial charge in [-0.2, -0.15) is 0 Å². The van der Waals surface area contributed by atoms with E-state index in [-0.39, 0.29) is 19.4 Å². The molecule has 1 unspecified atom stereocenters. The largest absolute Gasteiger partial charge is 0.472 e. The Balaban J connectivity index is 4.49. The molecule has 0 aliphatic rings. The van der Waals surface area contributed by atoms with E-state index in [0.29, 0.717) is 12.8 Å². The Morgan fingerprint density at radius 3 is 1.51 bits per heavy atom. The molecule has 0 aromatic rings. The molecule has 0 spiro atoms. The van der Waals surface area contributed by atoms with Gasteiger partial charge < -0.3 is 24.6 Å². The Hall–Kier alpha value is -3.11. The molecule has 0 rings (SSSR count). The molecule has 0 aliphatic carbocycles. The van der Waals surface area contributed by atoms with Crippen LogP contribution in [0, 0.1) is 0 Å². The molecule has 3 N–H and O–H groups in total. The zero-order valence-electron chi connectivity index (χ0n) is 33.6. The van der Waals surface area contributed by atoms with Crippen LogP contribution in [0.4, 0.5) is 0 Å². The summed E-state index contributed by atoms with van der Waals surface area (Å²) >= 11 is 0. The third kappa shape index (κ3) is 38.9. The minimum atomic E-state index is -4.64. The van der Waals surface area contributed by atoms with Crippen molar-refractivity contribution in [1.29, 1.82) is 0 Å². The average molecular weight is 791 g/mol. The summed E-state index contributed by atoms with van der Waals surface area (Å²) in [6.07, 6.45) is 46.6. The van der Waals surface area contributed by atoms with Gasteiger partial charge in [0.2, 0.25) is 0 Å². The van der Waals surface area contributed by atoms with Gasteiger partial charge in [0, 0.05) is 12.8 Å². The highest BCUT2D eigenvalue weighted by Crippen LogP contribution is 2.43. The zero-order valence-corrected chi connectivity index (χ0v) is 34.5. The third-order valence-corrected chi connectivity index (χ3v) is 8.65. The Morgan fingerprint density at radius 2 is 1.00 bits per heavy atom. The van der Waals surface area contributed by atoms with Crippen molar-refractivity contribution in [3.63, 3.8) is 0 Å². The fourth-order valence-electron chi connectivity index (χ4n) is 4.62. The van der Waals surface area contributed by atoms with Gasteiger partial charge in [0.25, 0.3) is 0 Å². The molecule has 0 aromatic carbocycles. The maximum atomic E-state index is 12.6. The number of phosphoric ester groups is 1. The summed E-state index contributed by atoms with van der Waals surface area (Å²) in [4.78, 5) is 34.9. The van der Waals surface area contributed by atoms with Gasteiger partial charge in [-0.3, -0.25) is 18.6 Å². The predicted molar refractivity (Wildman–Crippen MR) is 223 cm³/mol. The SMILES string of the molecule is CC/C=C/C/C=C/C/C=C/C/C=C/CCCCC(=O)O[C@H](COC(=O)CCCCC/C=C/C/C=C/C/C=C/C/C=C/CCC)COP(=O)(O)OC[C@@H](O)CO. The zero-order chi connectivity index (χ0) is 40.5. The van der Waals surface area contributed by atoms with E-state index in [9.17, 15) is 24.2 Å². The van der Waals surface area contributed by atoms with Gasteiger partial charge in [-0.25, -0.2) is 4.57 Å². The molecule has 0 aliphatic heterocycles. The van der Waals surface area contributed by atoms with Crippen LogP contribution in [0.5, 0.6) is 0 Å². The molecule has 0 radical (unpaired) electrons.